The van der Waals surface area contributed by atoms with Crippen LogP contribution in [0.1, 0.15) is 49.5 Å². The van der Waals surface area contributed by atoms with E-state index in [1.54, 1.807) is 12.1 Å². The van der Waals surface area contributed by atoms with Crippen molar-refractivity contribution in [1.82, 2.24) is 9.62 Å². The molecular formula is C18H28N2O3S. The third kappa shape index (κ3) is 4.36. The van der Waals surface area contributed by atoms with Gasteiger partial charge in [0.2, 0.25) is 10.0 Å². The van der Waals surface area contributed by atoms with Gasteiger partial charge in [-0.1, -0.05) is 26.8 Å². The number of hydrogen-bond donors (Lipinski definition) is 1. The number of benzene rings is 1. The number of nitrogens with zero attached hydrogens (tertiary/aromatic N) is 1. The molecule has 2 rings (SSSR count). The van der Waals surface area contributed by atoms with Crippen molar-refractivity contribution >= 4 is 15.9 Å². The zero-order valence-electron chi connectivity index (χ0n) is 15.0. The van der Waals surface area contributed by atoms with Gasteiger partial charge in [0.05, 0.1) is 4.90 Å². The fraction of sp³-hybridized carbons (Fsp3) is 0.611. The molecule has 0 spiro atoms. The Hall–Kier alpha value is -1.40. The van der Waals surface area contributed by atoms with Crippen molar-refractivity contribution in [2.75, 3.05) is 19.6 Å². The summed E-state index contributed by atoms with van der Waals surface area (Å²) in [7, 11) is -3.54. The molecule has 1 amide bonds. The quantitative estimate of drug-likeness (QED) is 0.886. The van der Waals surface area contributed by atoms with Gasteiger partial charge < -0.3 is 5.32 Å². The van der Waals surface area contributed by atoms with Crippen LogP contribution in [0.3, 0.4) is 0 Å². The van der Waals surface area contributed by atoms with E-state index in [0.717, 1.165) is 18.4 Å². The van der Waals surface area contributed by atoms with Crippen LogP contribution >= 0.6 is 0 Å². The summed E-state index contributed by atoms with van der Waals surface area (Å²) in [5.74, 6) is 0.689. The zero-order chi connectivity index (χ0) is 17.9. The van der Waals surface area contributed by atoms with Gasteiger partial charge in [0.15, 0.2) is 0 Å². The fourth-order valence-electron chi connectivity index (χ4n) is 2.77. The van der Waals surface area contributed by atoms with Crippen molar-refractivity contribution in [2.45, 2.75) is 45.4 Å². The van der Waals surface area contributed by atoms with Crippen LogP contribution in [-0.4, -0.2) is 38.3 Å². The van der Waals surface area contributed by atoms with Gasteiger partial charge in [-0.05, 0) is 49.3 Å². The molecule has 24 heavy (non-hydrogen) atoms. The van der Waals surface area contributed by atoms with Crippen LogP contribution in [0.15, 0.2) is 23.1 Å². The topological polar surface area (TPSA) is 66.5 Å². The van der Waals surface area contributed by atoms with Gasteiger partial charge in [-0.3, -0.25) is 4.79 Å². The molecule has 0 radical (unpaired) electrons. The van der Waals surface area contributed by atoms with Crippen molar-refractivity contribution in [2.24, 2.45) is 11.8 Å². The molecule has 1 heterocycles. The Balaban J connectivity index is 2.25. The minimum absolute atomic E-state index is 0.206. The Morgan fingerprint density at radius 1 is 1.29 bits per heavy atom. The van der Waals surface area contributed by atoms with Gasteiger partial charge >= 0.3 is 0 Å². The molecule has 0 aliphatic carbocycles. The summed E-state index contributed by atoms with van der Waals surface area (Å²) >= 11 is 0. The highest BCUT2D eigenvalue weighted by Gasteiger charge is 2.28. The first-order valence-electron chi connectivity index (χ1n) is 8.60. The summed E-state index contributed by atoms with van der Waals surface area (Å²) in [6.07, 6.45) is 1.76. The van der Waals surface area contributed by atoms with E-state index in [1.807, 2.05) is 20.8 Å². The van der Waals surface area contributed by atoms with Gasteiger partial charge in [-0.15, -0.1) is 0 Å². The van der Waals surface area contributed by atoms with Crippen LogP contribution < -0.4 is 5.32 Å². The number of aryl methyl sites for hydroxylation is 1. The van der Waals surface area contributed by atoms with Crippen LogP contribution in [-0.2, 0) is 10.0 Å². The van der Waals surface area contributed by atoms with Gasteiger partial charge in [-0.2, -0.15) is 4.31 Å². The Morgan fingerprint density at radius 2 is 1.92 bits per heavy atom. The van der Waals surface area contributed by atoms with E-state index in [9.17, 15) is 13.2 Å². The monoisotopic (exact) mass is 352 g/mol. The first kappa shape index (κ1) is 18.9. The smallest absolute Gasteiger partial charge is 0.251 e. The SMILES string of the molecule is Cc1ccc(S(=O)(=O)N2CCC(C)CC2)cc1C(=O)NCC(C)C. The lowest BCUT2D eigenvalue weighted by Crippen LogP contribution is -2.38. The summed E-state index contributed by atoms with van der Waals surface area (Å²) in [5, 5.41) is 2.86. The van der Waals surface area contributed by atoms with E-state index in [4.69, 9.17) is 0 Å². The zero-order valence-corrected chi connectivity index (χ0v) is 15.8. The maximum absolute atomic E-state index is 12.8. The maximum Gasteiger partial charge on any atom is 0.251 e. The lowest BCUT2D eigenvalue weighted by atomic mass is 10.0. The molecule has 5 nitrogen and oxygen atoms in total. The molecule has 1 fully saturated rings. The van der Waals surface area contributed by atoms with Crippen molar-refractivity contribution < 1.29 is 13.2 Å². The second-order valence-corrected chi connectivity index (χ2v) is 9.11. The van der Waals surface area contributed by atoms with E-state index in [2.05, 4.69) is 12.2 Å². The van der Waals surface area contributed by atoms with Gasteiger partial charge in [0, 0.05) is 25.2 Å². The predicted molar refractivity (Wildman–Crippen MR) is 95.5 cm³/mol. The number of amides is 1. The van der Waals surface area contributed by atoms with Crippen LogP contribution in [0.2, 0.25) is 0 Å². The number of nitrogens with one attached hydrogen (secondary N) is 1. The normalized spacial score (nSPS) is 17.2. The van der Waals surface area contributed by atoms with Crippen molar-refractivity contribution in [3.63, 3.8) is 0 Å². The van der Waals surface area contributed by atoms with Gasteiger partial charge in [0.1, 0.15) is 0 Å². The third-order valence-corrected chi connectivity index (χ3v) is 6.40. The van der Waals surface area contributed by atoms with Gasteiger partial charge in [0.25, 0.3) is 5.91 Å². The highest BCUT2D eigenvalue weighted by Crippen LogP contribution is 2.25. The van der Waals surface area contributed by atoms with Crippen LogP contribution in [0.5, 0.6) is 0 Å². The van der Waals surface area contributed by atoms with E-state index >= 15 is 0 Å². The van der Waals surface area contributed by atoms with Crippen molar-refractivity contribution in [1.29, 1.82) is 0 Å². The summed E-state index contributed by atoms with van der Waals surface area (Å²) in [4.78, 5) is 12.6. The molecule has 0 aromatic heterocycles. The Labute approximate surface area is 145 Å². The summed E-state index contributed by atoms with van der Waals surface area (Å²) < 4.78 is 27.2. The first-order valence-corrected chi connectivity index (χ1v) is 10.0. The van der Waals surface area contributed by atoms with Crippen molar-refractivity contribution in [3.05, 3.63) is 29.3 Å². The molecule has 1 N–H and O–H groups in total. The number of hydrogen-bond acceptors (Lipinski definition) is 3. The Bertz CT molecular complexity index is 690. The first-order chi connectivity index (χ1) is 11.2. The summed E-state index contributed by atoms with van der Waals surface area (Å²) in [6.45, 7) is 9.67. The average Bonchev–Trinajstić information content (AvgIpc) is 2.53. The predicted octanol–water partition coefficient (Wildman–Crippen LogP) is 2.80. The average molecular weight is 353 g/mol. The molecule has 1 saturated heterocycles. The van der Waals surface area contributed by atoms with Crippen molar-refractivity contribution in [3.8, 4) is 0 Å². The molecule has 0 bridgehead atoms. The Kier molecular flexibility index (Phi) is 6.04. The molecule has 6 heteroatoms. The lowest BCUT2D eigenvalue weighted by Gasteiger charge is -2.29. The number of sulfonamides is 1. The minimum atomic E-state index is -3.54. The van der Waals surface area contributed by atoms with E-state index < -0.39 is 10.0 Å². The highest BCUT2D eigenvalue weighted by molar-refractivity contribution is 7.89. The molecule has 1 aliphatic heterocycles. The summed E-state index contributed by atoms with van der Waals surface area (Å²) in [5.41, 5.74) is 1.21. The van der Waals surface area contributed by atoms with E-state index in [1.165, 1.54) is 10.4 Å². The molecule has 0 unspecified atom stereocenters. The number of piperidine rings is 1. The molecule has 1 aliphatic rings. The van der Waals surface area contributed by atoms with Crippen LogP contribution in [0.4, 0.5) is 0 Å². The van der Waals surface area contributed by atoms with Gasteiger partial charge in [-0.25, -0.2) is 8.42 Å². The van der Waals surface area contributed by atoms with Crippen LogP contribution in [0.25, 0.3) is 0 Å². The third-order valence-electron chi connectivity index (χ3n) is 4.50. The second-order valence-electron chi connectivity index (χ2n) is 7.17. The largest absolute Gasteiger partial charge is 0.352 e. The standard InChI is InChI=1S/C18H28N2O3S/c1-13(2)12-19-18(21)17-11-16(6-5-15(17)4)24(22,23)20-9-7-14(3)8-10-20/h5-6,11,13-14H,7-10,12H2,1-4H3,(H,19,21). The molecular weight excluding hydrogens is 324 g/mol. The highest BCUT2D eigenvalue weighted by atomic mass is 32.2. The molecule has 1 aromatic carbocycles. The maximum atomic E-state index is 12.8. The molecule has 1 aromatic rings. The number of rotatable bonds is 5. The lowest BCUT2D eigenvalue weighted by molar-refractivity contribution is 0.0948. The van der Waals surface area contributed by atoms with E-state index in [0.29, 0.717) is 37.0 Å². The second kappa shape index (κ2) is 7.66. The minimum Gasteiger partial charge on any atom is -0.352 e. The Morgan fingerprint density at radius 3 is 2.50 bits per heavy atom. The molecule has 0 atom stereocenters. The number of carbonyl (C=O) groups is 1. The molecule has 0 saturated carbocycles. The summed E-state index contributed by atoms with van der Waals surface area (Å²) in [6, 6.07) is 4.82. The van der Waals surface area contributed by atoms with E-state index in [-0.39, 0.29) is 10.8 Å². The van der Waals surface area contributed by atoms with Crippen LogP contribution in [0, 0.1) is 18.8 Å². The number of carbonyl (C=O) groups excluding carboxylic acids is 1. The molecule has 134 valence electrons. The fourth-order valence-corrected chi connectivity index (χ4v) is 4.27.